The fourth-order valence-electron chi connectivity index (χ4n) is 3.93. The Kier molecular flexibility index (Phi) is 5.20. The Morgan fingerprint density at radius 1 is 1.00 bits per heavy atom. The lowest BCUT2D eigenvalue weighted by Gasteiger charge is -2.33. The Morgan fingerprint density at radius 3 is 2.56 bits per heavy atom. The molecule has 4 heterocycles. The number of nitrogens with one attached hydrogen (secondary N) is 2. The van der Waals surface area contributed by atoms with E-state index in [0.717, 1.165) is 48.8 Å². The molecule has 1 saturated heterocycles. The van der Waals surface area contributed by atoms with Gasteiger partial charge in [0.25, 0.3) is 11.8 Å². The average Bonchev–Trinajstić information content (AvgIpc) is 3.35. The van der Waals surface area contributed by atoms with Crippen molar-refractivity contribution in [2.45, 2.75) is 0 Å². The summed E-state index contributed by atoms with van der Waals surface area (Å²) in [5.74, 6) is 0.0906. The molecule has 0 bridgehead atoms. The van der Waals surface area contributed by atoms with Crippen molar-refractivity contribution in [3.63, 3.8) is 0 Å². The highest BCUT2D eigenvalue weighted by molar-refractivity contribution is 6.31. The van der Waals surface area contributed by atoms with Crippen LogP contribution in [0.5, 0.6) is 0 Å². The topological polar surface area (TPSA) is 90.7 Å². The lowest BCUT2D eigenvalue weighted by molar-refractivity contribution is -0.114. The molecule has 0 radical (unpaired) electrons. The van der Waals surface area contributed by atoms with Crippen LogP contribution in [0.2, 0.25) is 0 Å². The van der Waals surface area contributed by atoms with E-state index in [1.54, 1.807) is 31.0 Å². The second-order valence-corrected chi connectivity index (χ2v) is 7.95. The lowest BCUT2D eigenvalue weighted by atomic mass is 9.92. The standard InChI is InChI=1S/C24H23N5O3/c1-28-7-9-29(10-8-28)22-5-3-18(13-26-22)25-14-21-20-12-16(17-6-11-32-15-17)2-4-19(20)23(30)27-24(21)31/h2-6,11-15,25H,7-10H2,1H3,(H,27,30,31)/b21-14-. The normalized spacial score (nSPS) is 17.9. The van der Waals surface area contributed by atoms with Crippen molar-refractivity contribution < 1.29 is 14.0 Å². The first-order chi connectivity index (χ1) is 15.6. The van der Waals surface area contributed by atoms with E-state index in [0.29, 0.717) is 16.7 Å². The van der Waals surface area contributed by atoms with Gasteiger partial charge in [0.15, 0.2) is 0 Å². The zero-order valence-electron chi connectivity index (χ0n) is 17.7. The minimum absolute atomic E-state index is 0.382. The van der Waals surface area contributed by atoms with Gasteiger partial charge in [0.1, 0.15) is 5.82 Å². The molecule has 0 atom stereocenters. The summed E-state index contributed by atoms with van der Waals surface area (Å²) in [6.45, 7) is 3.93. The number of rotatable bonds is 4. The number of carbonyl (C=O) groups excluding carboxylic acids is 2. The number of nitrogens with zero attached hydrogens (tertiary/aromatic N) is 3. The number of piperazine rings is 1. The molecule has 2 aromatic heterocycles. The fourth-order valence-corrected chi connectivity index (χ4v) is 3.93. The largest absolute Gasteiger partial charge is 0.472 e. The van der Waals surface area contributed by atoms with Crippen molar-refractivity contribution in [1.82, 2.24) is 15.2 Å². The first-order valence-corrected chi connectivity index (χ1v) is 10.5. The zero-order chi connectivity index (χ0) is 22.1. The van der Waals surface area contributed by atoms with Crippen LogP contribution in [0.3, 0.4) is 0 Å². The molecule has 162 valence electrons. The molecule has 1 aromatic carbocycles. The van der Waals surface area contributed by atoms with Gasteiger partial charge in [-0.25, -0.2) is 4.98 Å². The van der Waals surface area contributed by atoms with Crippen LogP contribution in [0.1, 0.15) is 15.9 Å². The van der Waals surface area contributed by atoms with Gasteiger partial charge in [0, 0.05) is 49.1 Å². The van der Waals surface area contributed by atoms with E-state index in [2.05, 4.69) is 32.5 Å². The maximum absolute atomic E-state index is 12.6. The number of aromatic nitrogens is 1. The number of hydrogen-bond donors (Lipinski definition) is 2. The minimum atomic E-state index is -0.443. The van der Waals surface area contributed by atoms with Crippen molar-refractivity contribution >= 4 is 28.9 Å². The van der Waals surface area contributed by atoms with Gasteiger partial charge < -0.3 is 19.5 Å². The third-order valence-electron chi connectivity index (χ3n) is 5.84. The van der Waals surface area contributed by atoms with Crippen molar-refractivity contribution in [3.05, 3.63) is 72.4 Å². The lowest BCUT2D eigenvalue weighted by Crippen LogP contribution is -2.44. The summed E-state index contributed by atoms with van der Waals surface area (Å²) in [5.41, 5.74) is 3.91. The predicted octanol–water partition coefficient (Wildman–Crippen LogP) is 2.82. The molecule has 1 fully saturated rings. The van der Waals surface area contributed by atoms with E-state index in [9.17, 15) is 9.59 Å². The van der Waals surface area contributed by atoms with Gasteiger partial charge in [-0.2, -0.15) is 0 Å². The van der Waals surface area contributed by atoms with Crippen LogP contribution >= 0.6 is 0 Å². The summed E-state index contributed by atoms with van der Waals surface area (Å²) >= 11 is 0. The number of pyridine rings is 1. The first kappa shape index (κ1) is 20.0. The summed E-state index contributed by atoms with van der Waals surface area (Å²) in [6, 6.07) is 11.1. The Balaban J connectivity index is 1.39. The molecule has 5 rings (SSSR count). The van der Waals surface area contributed by atoms with E-state index in [1.165, 1.54) is 0 Å². The quantitative estimate of drug-likeness (QED) is 0.487. The Bertz CT molecular complexity index is 1180. The highest BCUT2D eigenvalue weighted by Gasteiger charge is 2.27. The Morgan fingerprint density at radius 2 is 1.84 bits per heavy atom. The number of benzene rings is 1. The van der Waals surface area contributed by atoms with Gasteiger partial charge in [-0.1, -0.05) is 6.07 Å². The smallest absolute Gasteiger partial charge is 0.260 e. The van der Waals surface area contributed by atoms with Crippen molar-refractivity contribution in [2.24, 2.45) is 0 Å². The molecule has 8 nitrogen and oxygen atoms in total. The van der Waals surface area contributed by atoms with Gasteiger partial charge in [-0.15, -0.1) is 0 Å². The maximum Gasteiger partial charge on any atom is 0.260 e. The number of fused-ring (bicyclic) bond motifs is 1. The number of likely N-dealkylation sites (N-methyl/N-ethyl adjacent to an activating group) is 1. The number of imide groups is 1. The van der Waals surface area contributed by atoms with Crippen molar-refractivity contribution in [3.8, 4) is 11.1 Å². The fraction of sp³-hybridized carbons (Fsp3) is 0.208. The van der Waals surface area contributed by atoms with Crippen molar-refractivity contribution in [1.29, 1.82) is 0 Å². The van der Waals surface area contributed by atoms with Gasteiger partial charge in [-0.05, 0) is 42.9 Å². The Hall–Kier alpha value is -3.91. The molecule has 0 aliphatic carbocycles. The average molecular weight is 429 g/mol. The van der Waals surface area contributed by atoms with Crippen LogP contribution in [0.15, 0.2) is 65.7 Å². The van der Waals surface area contributed by atoms with E-state index >= 15 is 0 Å². The van der Waals surface area contributed by atoms with E-state index in [1.807, 2.05) is 30.3 Å². The Labute approximate surface area is 185 Å². The van der Waals surface area contributed by atoms with Crippen LogP contribution in [0, 0.1) is 0 Å². The second kappa shape index (κ2) is 8.32. The molecule has 32 heavy (non-hydrogen) atoms. The molecule has 2 aliphatic heterocycles. The SMILES string of the molecule is CN1CCN(c2ccc(N/C=C3\C(=O)NC(=O)c4ccc(-c5ccoc5)cc43)cn2)CC1. The highest BCUT2D eigenvalue weighted by atomic mass is 16.3. The summed E-state index contributed by atoms with van der Waals surface area (Å²) < 4.78 is 5.16. The van der Waals surface area contributed by atoms with E-state index in [4.69, 9.17) is 4.42 Å². The van der Waals surface area contributed by atoms with Gasteiger partial charge in [0.2, 0.25) is 0 Å². The van der Waals surface area contributed by atoms with Crippen LogP contribution in [-0.2, 0) is 4.79 Å². The highest BCUT2D eigenvalue weighted by Crippen LogP contribution is 2.30. The number of amides is 2. The summed E-state index contributed by atoms with van der Waals surface area (Å²) in [4.78, 5) is 34.0. The molecule has 2 aliphatic rings. The van der Waals surface area contributed by atoms with E-state index < -0.39 is 11.8 Å². The third kappa shape index (κ3) is 3.88. The van der Waals surface area contributed by atoms with E-state index in [-0.39, 0.29) is 0 Å². The third-order valence-corrected chi connectivity index (χ3v) is 5.84. The molecular weight excluding hydrogens is 406 g/mol. The van der Waals surface area contributed by atoms with Crippen LogP contribution in [0.25, 0.3) is 16.7 Å². The van der Waals surface area contributed by atoms with Gasteiger partial charge >= 0.3 is 0 Å². The van der Waals surface area contributed by atoms with Crippen LogP contribution < -0.4 is 15.5 Å². The number of hydrogen-bond acceptors (Lipinski definition) is 7. The monoisotopic (exact) mass is 429 g/mol. The number of carbonyl (C=O) groups is 2. The first-order valence-electron chi connectivity index (χ1n) is 10.5. The summed E-state index contributed by atoms with van der Waals surface area (Å²) in [5, 5.41) is 5.55. The molecule has 2 amide bonds. The van der Waals surface area contributed by atoms with Crippen LogP contribution in [-0.4, -0.2) is 54.9 Å². The molecule has 8 heteroatoms. The zero-order valence-corrected chi connectivity index (χ0v) is 17.7. The molecular formula is C24H23N5O3. The van der Waals surface area contributed by atoms with Crippen LogP contribution in [0.4, 0.5) is 11.5 Å². The summed E-state index contributed by atoms with van der Waals surface area (Å²) in [7, 11) is 2.12. The molecule has 3 aromatic rings. The predicted molar refractivity (Wildman–Crippen MR) is 122 cm³/mol. The molecule has 0 saturated carbocycles. The molecule has 2 N–H and O–H groups in total. The maximum atomic E-state index is 12.6. The number of anilines is 2. The minimum Gasteiger partial charge on any atom is -0.472 e. The molecule has 0 spiro atoms. The van der Waals surface area contributed by atoms with Gasteiger partial charge in [-0.3, -0.25) is 14.9 Å². The van der Waals surface area contributed by atoms with Crippen molar-refractivity contribution in [2.75, 3.05) is 43.4 Å². The summed E-state index contributed by atoms with van der Waals surface area (Å²) in [6.07, 6.45) is 6.58. The van der Waals surface area contributed by atoms with Gasteiger partial charge in [0.05, 0.1) is 30.0 Å². The molecule has 0 unspecified atom stereocenters. The number of furan rings is 1. The second-order valence-electron chi connectivity index (χ2n) is 7.95.